The van der Waals surface area contributed by atoms with Gasteiger partial charge in [0.05, 0.1) is 11.4 Å². The number of Topliss-reactive ketones (excluding diaryl/α,β-unsaturated/α-hetero) is 1. The second-order valence-corrected chi connectivity index (χ2v) is 35.2. The van der Waals surface area contributed by atoms with Gasteiger partial charge in [0.25, 0.3) is 5.91 Å². The van der Waals surface area contributed by atoms with Crippen molar-refractivity contribution in [3.8, 4) is 22.5 Å². The average Bonchev–Trinajstić information content (AvgIpc) is 3.49. The molecule has 4 aromatic carbocycles. The number of hydrogen-bond acceptors (Lipinski definition) is 15. The van der Waals surface area contributed by atoms with Crippen LogP contribution in [0.3, 0.4) is 0 Å². The summed E-state index contributed by atoms with van der Waals surface area (Å²) in [5.41, 5.74) is 18.4. The van der Waals surface area contributed by atoms with Crippen LogP contribution in [-0.4, -0.2) is 128 Å². The molecule has 16 nitrogen and oxygen atoms in total. The Labute approximate surface area is 546 Å². The predicted octanol–water partition coefficient (Wildman–Crippen LogP) is 10.6. The van der Waals surface area contributed by atoms with Gasteiger partial charge in [0, 0.05) is 185 Å². The zero-order valence-electron chi connectivity index (χ0n) is 45.7. The molecule has 0 atom stereocenters. The number of nitrogens with one attached hydrogen (secondary N) is 3. The molecule has 8 aromatic rings. The molecule has 0 saturated carbocycles. The number of carbonyl (C=O) groups excluding carboxylic acids is 2. The zero-order chi connectivity index (χ0) is 57.2. The first-order valence-corrected chi connectivity index (χ1v) is 44.5. The van der Waals surface area contributed by atoms with Gasteiger partial charge in [-0.1, -0.05) is 48.5 Å². The van der Waals surface area contributed by atoms with Crippen LogP contribution in [0.4, 0.5) is 34.6 Å². The van der Waals surface area contributed by atoms with Gasteiger partial charge in [-0.3, -0.25) is 29.4 Å². The molecule has 2 fully saturated rings. The number of aromatic nitrogens is 6. The number of rotatable bonds is 13. The molecule has 0 bridgehead atoms. The molecule has 2 aliphatic heterocycles. The first-order valence-electron chi connectivity index (χ1n) is 25.6. The molecule has 10 rings (SSSR count). The van der Waals surface area contributed by atoms with Crippen LogP contribution in [0.1, 0.15) is 49.9 Å². The standard InChI is InChI=1S/C29H31N7O.C16H15N5.C14H20N2O.I3.I2.HI/c1-21-5-10-25(18-27(21)34-29-31-13-11-26(33-29)24-4-3-12-30-19-24)32-28(37)23-8-6-22(7-9-23)20-36-16-14-35(2)15-17-36;1-11-4-5-13(17)9-15(11)21-16-19-8-6-14(20-16)12-3-2-7-18-10-12;1-12(17)14-5-3-13(4-6-14)11-16-9-7-15(2)8-10-16;1-3-2;1-2;/h3-13,18-19H,14-17,20H2,1-2H3,(H,32,37)(H,31,33,34);2-10H,17H2,1H3,(H,19,20,21);3-6H,7-11H2,1-2H3;;;1H/q;;;-1;;. The van der Waals surface area contributed by atoms with Crippen LogP contribution in [0, 0.1) is 13.8 Å². The van der Waals surface area contributed by atoms with Crippen LogP contribution >= 0.6 is 98.4 Å². The first kappa shape index (κ1) is 67.9. The van der Waals surface area contributed by atoms with Gasteiger partial charge >= 0.3 is 50.5 Å². The van der Waals surface area contributed by atoms with Gasteiger partial charge in [-0.25, -0.2) is 19.9 Å². The van der Waals surface area contributed by atoms with E-state index in [0.29, 0.717) is 42.1 Å². The Morgan fingerprint density at radius 3 is 1.44 bits per heavy atom. The molecule has 0 aliphatic carbocycles. The fourth-order valence-electron chi connectivity index (χ4n) is 8.38. The number of aryl methyl sites for hydroxylation is 2. The number of ketones is 1. The van der Waals surface area contributed by atoms with Crippen LogP contribution in [0.2, 0.25) is 0 Å². The van der Waals surface area contributed by atoms with Crippen LogP contribution in [-0.2, 0) is 13.1 Å². The van der Waals surface area contributed by atoms with E-state index in [4.69, 9.17) is 5.73 Å². The molecule has 0 unspecified atom stereocenters. The fourth-order valence-corrected chi connectivity index (χ4v) is 8.38. The zero-order valence-corrected chi connectivity index (χ0v) is 58.9. The number of nitrogens with zero attached hydrogens (tertiary/aromatic N) is 10. The molecule has 81 heavy (non-hydrogen) atoms. The number of anilines is 6. The van der Waals surface area contributed by atoms with Gasteiger partial charge in [-0.15, -0.1) is 24.0 Å². The van der Waals surface area contributed by atoms with Crippen molar-refractivity contribution in [3.63, 3.8) is 0 Å². The molecule has 428 valence electrons. The van der Waals surface area contributed by atoms with E-state index in [1.165, 1.54) is 11.1 Å². The Hall–Kier alpha value is -3.90. The summed E-state index contributed by atoms with van der Waals surface area (Å²) in [5, 5.41) is 9.49. The number of carbonyl (C=O) groups is 2. The Balaban J connectivity index is 0.000000232. The topological polar surface area (TPSA) is 187 Å². The summed E-state index contributed by atoms with van der Waals surface area (Å²) in [6.07, 6.45) is 10.4. The van der Waals surface area contributed by atoms with Crippen molar-refractivity contribution in [1.29, 1.82) is 0 Å². The fraction of sp³-hybridized carbons (Fsp3) is 0.254. The molecular formula is C59H67I6N14O2-. The molecule has 0 radical (unpaired) electrons. The van der Waals surface area contributed by atoms with E-state index in [1.54, 1.807) is 44.1 Å². The summed E-state index contributed by atoms with van der Waals surface area (Å²) in [5.74, 6) is 1.00. The molecule has 1 amide bonds. The summed E-state index contributed by atoms with van der Waals surface area (Å²) in [6.45, 7) is 16.4. The Morgan fingerprint density at radius 2 is 1.01 bits per heavy atom. The van der Waals surface area contributed by atoms with Crippen molar-refractivity contribution in [1.82, 2.24) is 49.5 Å². The molecule has 0 spiro atoms. The van der Waals surface area contributed by atoms with E-state index in [9.17, 15) is 9.59 Å². The van der Waals surface area contributed by atoms with E-state index >= 15 is 0 Å². The molecule has 2 saturated heterocycles. The van der Waals surface area contributed by atoms with Crippen LogP contribution < -0.4 is 34.9 Å². The third-order valence-electron chi connectivity index (χ3n) is 13.1. The summed E-state index contributed by atoms with van der Waals surface area (Å²) >= 11 is 9.54. The normalized spacial score (nSPS) is 13.4. The summed E-state index contributed by atoms with van der Waals surface area (Å²) in [4.78, 5) is 59.7. The maximum absolute atomic E-state index is 12.9. The van der Waals surface area contributed by atoms with Crippen molar-refractivity contribution in [2.75, 3.05) is 88.1 Å². The molecular weight excluding hydrogens is 1700 g/mol. The van der Waals surface area contributed by atoms with Gasteiger partial charge in [-0.2, -0.15) is 0 Å². The van der Waals surface area contributed by atoms with Crippen LogP contribution in [0.5, 0.6) is 0 Å². The Kier molecular flexibility index (Phi) is 30.8. The third-order valence-corrected chi connectivity index (χ3v) is 13.1. The quantitative estimate of drug-likeness (QED) is 0.0485. The Bertz CT molecular complexity index is 3160. The molecule has 6 heterocycles. The number of amides is 1. The minimum absolute atomic E-state index is 0. The monoisotopic (exact) mass is 1760 g/mol. The van der Waals surface area contributed by atoms with Crippen molar-refractivity contribution < 1.29 is 22.8 Å². The molecule has 4 aromatic heterocycles. The van der Waals surface area contributed by atoms with Gasteiger partial charge < -0.3 is 31.5 Å². The van der Waals surface area contributed by atoms with Crippen molar-refractivity contribution >= 4 is 145 Å². The van der Waals surface area contributed by atoms with E-state index in [-0.39, 0.29) is 35.7 Å². The number of nitrogens with two attached hydrogens (primary N) is 1. The summed E-state index contributed by atoms with van der Waals surface area (Å²) < 4.78 is 0. The van der Waals surface area contributed by atoms with Crippen LogP contribution in [0.15, 0.2) is 159 Å². The average molecular weight is 1770 g/mol. The number of hydrogen-bond donors (Lipinski definition) is 4. The third kappa shape index (κ3) is 23.2. The summed E-state index contributed by atoms with van der Waals surface area (Å²) in [6, 6.07) is 38.7. The number of halogens is 6. The van der Waals surface area contributed by atoms with E-state index in [2.05, 4.69) is 166 Å². The number of likely N-dealkylation sites (N-methyl/N-ethyl adjacent to an activating group) is 2. The number of benzene rings is 4. The maximum atomic E-state index is 12.9. The second-order valence-electron chi connectivity index (χ2n) is 19.0. The predicted molar refractivity (Wildman–Crippen MR) is 372 cm³/mol. The second kappa shape index (κ2) is 36.7. The summed E-state index contributed by atoms with van der Waals surface area (Å²) in [7, 11) is 4.33. The Morgan fingerprint density at radius 1 is 0.580 bits per heavy atom. The van der Waals surface area contributed by atoms with E-state index < -0.39 is 0 Å². The van der Waals surface area contributed by atoms with Gasteiger partial charge in [0.1, 0.15) is 0 Å². The van der Waals surface area contributed by atoms with Gasteiger partial charge in [-0.05, 0) is 130 Å². The van der Waals surface area contributed by atoms with Crippen molar-refractivity contribution in [2.24, 2.45) is 0 Å². The van der Waals surface area contributed by atoms with Crippen molar-refractivity contribution in [2.45, 2.75) is 33.9 Å². The molecule has 5 N–H and O–H groups in total. The van der Waals surface area contributed by atoms with Gasteiger partial charge in [0.2, 0.25) is 11.9 Å². The molecule has 2 aliphatic rings. The van der Waals surface area contributed by atoms with Crippen molar-refractivity contribution in [3.05, 3.63) is 192 Å². The van der Waals surface area contributed by atoms with E-state index in [0.717, 1.165) is 116 Å². The number of piperazine rings is 2. The minimum atomic E-state index is -0.143. The first-order chi connectivity index (χ1) is 38.8. The SMILES string of the molecule is CC(=O)c1ccc(CN2CCN(C)CC2)cc1.Cc1ccc(N)cc1Nc1nccc(-c2cccnc2)n1.Cc1ccc(NC(=O)c2ccc(CN3CCN(C)CC3)cc2)cc1Nc1nccc(-c2cccnc2)n1.I.II.I[I-]I. The van der Waals surface area contributed by atoms with E-state index in [1.807, 2.05) is 123 Å². The number of nitrogen functional groups attached to an aromatic ring is 1. The molecule has 22 heteroatoms. The number of pyridine rings is 2. The van der Waals surface area contributed by atoms with Crippen LogP contribution in [0.25, 0.3) is 22.5 Å². The van der Waals surface area contributed by atoms with Gasteiger partial charge in [0.15, 0.2) is 5.78 Å².